The minimum atomic E-state index is -4.33. The summed E-state index contributed by atoms with van der Waals surface area (Å²) in [6, 6.07) is 4.76. The van der Waals surface area contributed by atoms with Crippen LogP contribution in [0.5, 0.6) is 0 Å². The average molecular weight is 272 g/mol. The van der Waals surface area contributed by atoms with E-state index < -0.39 is 11.7 Å². The third-order valence-corrected chi connectivity index (χ3v) is 3.22. The first-order chi connectivity index (χ1) is 8.95. The lowest BCUT2D eigenvalue weighted by Gasteiger charge is -2.08. The smallest absolute Gasteiger partial charge is 0.381 e. The van der Waals surface area contributed by atoms with Gasteiger partial charge in [0.15, 0.2) is 0 Å². The lowest BCUT2D eigenvalue weighted by molar-refractivity contribution is -0.137. The molecule has 104 valence electrons. The van der Waals surface area contributed by atoms with Gasteiger partial charge in [0.2, 0.25) is 0 Å². The van der Waals surface area contributed by atoms with E-state index in [4.69, 9.17) is 4.74 Å². The van der Waals surface area contributed by atoms with E-state index in [2.05, 4.69) is 0 Å². The molecule has 5 heteroatoms. The zero-order valence-electron chi connectivity index (χ0n) is 10.4. The lowest BCUT2D eigenvalue weighted by atomic mass is 9.97. The largest absolute Gasteiger partial charge is 0.416 e. The van der Waals surface area contributed by atoms with Crippen molar-refractivity contribution in [1.82, 2.24) is 0 Å². The minimum Gasteiger partial charge on any atom is -0.381 e. The van der Waals surface area contributed by atoms with Gasteiger partial charge < -0.3 is 4.74 Å². The molecule has 0 amide bonds. The summed E-state index contributed by atoms with van der Waals surface area (Å²) >= 11 is 0. The molecule has 1 unspecified atom stereocenters. The summed E-state index contributed by atoms with van der Waals surface area (Å²) in [5, 5.41) is 0. The summed E-state index contributed by atoms with van der Waals surface area (Å²) in [4.78, 5) is 11.8. The predicted molar refractivity (Wildman–Crippen MR) is 63.7 cm³/mol. The van der Waals surface area contributed by atoms with Crippen LogP contribution < -0.4 is 0 Å². The number of Topliss-reactive ketones (excluding diaryl/α,β-unsaturated/α-hetero) is 1. The highest BCUT2D eigenvalue weighted by Crippen LogP contribution is 2.29. The van der Waals surface area contributed by atoms with E-state index in [1.807, 2.05) is 0 Å². The Bertz CT molecular complexity index is 431. The summed E-state index contributed by atoms with van der Waals surface area (Å²) in [6.45, 7) is 1.30. The average Bonchev–Trinajstić information content (AvgIpc) is 2.81. The fourth-order valence-corrected chi connectivity index (χ4v) is 2.18. The number of carbonyl (C=O) groups excluding carboxylic acids is 1. The second-order valence-electron chi connectivity index (χ2n) is 4.84. The van der Waals surface area contributed by atoms with Gasteiger partial charge in [0.1, 0.15) is 5.78 Å². The Morgan fingerprint density at radius 2 is 1.95 bits per heavy atom. The molecule has 0 N–H and O–H groups in total. The quantitative estimate of drug-likeness (QED) is 0.841. The van der Waals surface area contributed by atoms with Gasteiger partial charge in [0.05, 0.1) is 5.56 Å². The first kappa shape index (κ1) is 14.1. The Kier molecular flexibility index (Phi) is 4.24. The molecule has 0 aliphatic carbocycles. The van der Waals surface area contributed by atoms with Crippen LogP contribution in [0.2, 0.25) is 0 Å². The number of benzene rings is 1. The van der Waals surface area contributed by atoms with Gasteiger partial charge in [-0.2, -0.15) is 13.2 Å². The molecule has 1 aliphatic rings. The Hall–Kier alpha value is -1.36. The van der Waals surface area contributed by atoms with Gasteiger partial charge in [-0.05, 0) is 30.0 Å². The molecule has 1 atom stereocenters. The molecule has 1 aliphatic heterocycles. The molecule has 0 bridgehead atoms. The highest BCUT2D eigenvalue weighted by Gasteiger charge is 2.30. The molecule has 1 saturated heterocycles. The van der Waals surface area contributed by atoms with E-state index in [0.717, 1.165) is 18.6 Å². The number of rotatable bonds is 4. The molecule has 0 radical (unpaired) electrons. The van der Waals surface area contributed by atoms with Crippen molar-refractivity contribution in [2.24, 2.45) is 5.92 Å². The van der Waals surface area contributed by atoms with Crippen LogP contribution in [0.4, 0.5) is 13.2 Å². The maximum atomic E-state index is 12.4. The summed E-state index contributed by atoms with van der Waals surface area (Å²) in [7, 11) is 0. The standard InChI is InChI=1S/C14H15F3O2/c15-14(16,17)12-3-1-10(2-4-12)7-13(18)8-11-5-6-19-9-11/h1-4,11H,5-9H2. The van der Waals surface area contributed by atoms with Crippen molar-refractivity contribution in [3.63, 3.8) is 0 Å². The minimum absolute atomic E-state index is 0.0512. The molecule has 19 heavy (non-hydrogen) atoms. The maximum Gasteiger partial charge on any atom is 0.416 e. The van der Waals surface area contributed by atoms with Gasteiger partial charge in [-0.1, -0.05) is 12.1 Å². The van der Waals surface area contributed by atoms with Crippen molar-refractivity contribution in [3.8, 4) is 0 Å². The summed E-state index contributed by atoms with van der Waals surface area (Å²) < 4.78 is 42.3. The molecule has 0 aromatic heterocycles. The Labute approximate surface area is 109 Å². The van der Waals surface area contributed by atoms with Crippen LogP contribution in [0.25, 0.3) is 0 Å². The molecule has 1 fully saturated rings. The first-order valence-corrected chi connectivity index (χ1v) is 6.21. The molecule has 0 saturated carbocycles. The van der Waals surface area contributed by atoms with E-state index in [0.29, 0.717) is 25.2 Å². The van der Waals surface area contributed by atoms with E-state index in [1.54, 1.807) is 0 Å². The van der Waals surface area contributed by atoms with Crippen LogP contribution in [0, 0.1) is 5.92 Å². The van der Waals surface area contributed by atoms with Crippen LogP contribution in [0.3, 0.4) is 0 Å². The third-order valence-electron chi connectivity index (χ3n) is 3.22. The van der Waals surface area contributed by atoms with E-state index in [-0.39, 0.29) is 18.1 Å². The predicted octanol–water partition coefficient (Wildman–Crippen LogP) is 3.24. The highest BCUT2D eigenvalue weighted by atomic mass is 19.4. The third kappa shape index (κ3) is 4.06. The summed E-state index contributed by atoms with van der Waals surface area (Å²) in [5.74, 6) is 0.317. The van der Waals surface area contributed by atoms with Crippen LogP contribution >= 0.6 is 0 Å². The normalized spacial score (nSPS) is 19.6. The van der Waals surface area contributed by atoms with Crippen LogP contribution in [0.1, 0.15) is 24.0 Å². The first-order valence-electron chi connectivity index (χ1n) is 6.21. The molecule has 1 aromatic carbocycles. The van der Waals surface area contributed by atoms with Crippen molar-refractivity contribution < 1.29 is 22.7 Å². The second-order valence-corrected chi connectivity index (χ2v) is 4.84. The van der Waals surface area contributed by atoms with E-state index >= 15 is 0 Å². The summed E-state index contributed by atoms with van der Waals surface area (Å²) in [6.07, 6.45) is -2.81. The number of ether oxygens (including phenoxy) is 1. The van der Waals surface area contributed by atoms with Crippen molar-refractivity contribution in [2.45, 2.75) is 25.4 Å². The number of ketones is 1. The number of halogens is 3. The van der Waals surface area contributed by atoms with Crippen molar-refractivity contribution >= 4 is 5.78 Å². The molecule has 2 rings (SSSR count). The number of hydrogen-bond donors (Lipinski definition) is 0. The van der Waals surface area contributed by atoms with Crippen LogP contribution in [-0.4, -0.2) is 19.0 Å². The van der Waals surface area contributed by atoms with Crippen molar-refractivity contribution in [1.29, 1.82) is 0 Å². The molecule has 0 spiro atoms. The van der Waals surface area contributed by atoms with Crippen LogP contribution in [-0.2, 0) is 22.1 Å². The Morgan fingerprint density at radius 3 is 2.47 bits per heavy atom. The van der Waals surface area contributed by atoms with Gasteiger partial charge in [-0.15, -0.1) is 0 Å². The lowest BCUT2D eigenvalue weighted by Crippen LogP contribution is -2.11. The fourth-order valence-electron chi connectivity index (χ4n) is 2.18. The van der Waals surface area contributed by atoms with Gasteiger partial charge in [-0.25, -0.2) is 0 Å². The van der Waals surface area contributed by atoms with E-state index in [1.165, 1.54) is 12.1 Å². The number of hydrogen-bond acceptors (Lipinski definition) is 2. The molecule has 1 heterocycles. The highest BCUT2D eigenvalue weighted by molar-refractivity contribution is 5.81. The monoisotopic (exact) mass is 272 g/mol. The Balaban J connectivity index is 1.90. The topological polar surface area (TPSA) is 26.3 Å². The van der Waals surface area contributed by atoms with Crippen LogP contribution in [0.15, 0.2) is 24.3 Å². The molecular formula is C14H15F3O2. The number of alkyl halides is 3. The van der Waals surface area contributed by atoms with Gasteiger partial charge in [-0.3, -0.25) is 4.79 Å². The van der Waals surface area contributed by atoms with Crippen molar-refractivity contribution in [2.75, 3.05) is 13.2 Å². The Morgan fingerprint density at radius 1 is 1.26 bits per heavy atom. The van der Waals surface area contributed by atoms with Gasteiger partial charge >= 0.3 is 6.18 Å². The van der Waals surface area contributed by atoms with E-state index in [9.17, 15) is 18.0 Å². The molecular weight excluding hydrogens is 257 g/mol. The zero-order valence-corrected chi connectivity index (χ0v) is 10.4. The zero-order chi connectivity index (χ0) is 13.9. The summed E-state index contributed by atoms with van der Waals surface area (Å²) in [5.41, 5.74) is -0.0650. The van der Waals surface area contributed by atoms with Crippen molar-refractivity contribution in [3.05, 3.63) is 35.4 Å². The maximum absolute atomic E-state index is 12.4. The number of carbonyl (C=O) groups is 1. The fraction of sp³-hybridized carbons (Fsp3) is 0.500. The molecule has 2 nitrogen and oxygen atoms in total. The van der Waals surface area contributed by atoms with Gasteiger partial charge in [0, 0.05) is 26.1 Å². The van der Waals surface area contributed by atoms with Gasteiger partial charge in [0.25, 0.3) is 0 Å². The molecule has 1 aromatic rings. The second kappa shape index (κ2) is 5.74. The SMILES string of the molecule is O=C(Cc1ccc(C(F)(F)F)cc1)CC1CCOC1.